The highest BCUT2D eigenvalue weighted by atomic mass is 79.9. The van der Waals surface area contributed by atoms with Gasteiger partial charge in [-0.1, -0.05) is 0 Å². The van der Waals surface area contributed by atoms with Crippen molar-refractivity contribution in [2.75, 3.05) is 6.61 Å². The van der Waals surface area contributed by atoms with Crippen LogP contribution in [0, 0.1) is 0 Å². The van der Waals surface area contributed by atoms with E-state index in [2.05, 4.69) is 20.7 Å². The molecular formula is C12H14BrNO5S. The third-order valence-electron chi connectivity index (χ3n) is 3.43. The van der Waals surface area contributed by atoms with Gasteiger partial charge in [0.1, 0.15) is 0 Å². The molecule has 1 aliphatic rings. The Morgan fingerprint density at radius 3 is 2.50 bits per heavy atom. The van der Waals surface area contributed by atoms with E-state index in [9.17, 15) is 18.3 Å². The molecule has 20 heavy (non-hydrogen) atoms. The van der Waals surface area contributed by atoms with Gasteiger partial charge in [0, 0.05) is 4.47 Å². The Bertz CT molecular complexity index is 634. The van der Waals surface area contributed by atoms with Crippen LogP contribution in [-0.4, -0.2) is 36.7 Å². The molecule has 0 spiro atoms. The summed E-state index contributed by atoms with van der Waals surface area (Å²) in [5.74, 6) is -1.20. The average molecular weight is 364 g/mol. The van der Waals surface area contributed by atoms with Crippen LogP contribution in [0.2, 0.25) is 0 Å². The number of aliphatic hydroxyl groups excluding tert-OH is 1. The van der Waals surface area contributed by atoms with E-state index in [1.165, 1.54) is 12.1 Å². The third kappa shape index (κ3) is 2.88. The summed E-state index contributed by atoms with van der Waals surface area (Å²) in [7, 11) is -3.90. The smallest absolute Gasteiger partial charge is 0.335 e. The lowest BCUT2D eigenvalue weighted by molar-refractivity contribution is 0.0696. The average Bonchev–Trinajstić information content (AvgIpc) is 2.34. The Morgan fingerprint density at radius 2 is 2.05 bits per heavy atom. The molecule has 0 aromatic heterocycles. The first-order valence-electron chi connectivity index (χ1n) is 5.97. The Morgan fingerprint density at radius 1 is 1.40 bits per heavy atom. The molecule has 1 aromatic rings. The second-order valence-corrected chi connectivity index (χ2v) is 7.35. The molecule has 1 fully saturated rings. The molecule has 0 amide bonds. The largest absolute Gasteiger partial charge is 0.478 e. The summed E-state index contributed by atoms with van der Waals surface area (Å²) in [6.45, 7) is -0.275. The molecule has 6 nitrogen and oxygen atoms in total. The van der Waals surface area contributed by atoms with Gasteiger partial charge in [0.05, 0.1) is 22.6 Å². The number of nitrogens with one attached hydrogen (secondary N) is 1. The molecule has 0 aliphatic heterocycles. The SMILES string of the molecule is O=C(O)c1ccc(Br)c(S(=O)(=O)NC2(CO)CCC2)c1. The van der Waals surface area contributed by atoms with Gasteiger partial charge < -0.3 is 10.2 Å². The topological polar surface area (TPSA) is 104 Å². The number of halogens is 1. The molecule has 0 atom stereocenters. The number of aliphatic hydroxyl groups is 1. The quantitative estimate of drug-likeness (QED) is 0.732. The zero-order chi connectivity index (χ0) is 15.0. The molecule has 0 radical (unpaired) electrons. The second-order valence-electron chi connectivity index (χ2n) is 4.85. The van der Waals surface area contributed by atoms with Gasteiger partial charge in [-0.25, -0.2) is 17.9 Å². The second kappa shape index (κ2) is 5.44. The van der Waals surface area contributed by atoms with E-state index in [0.717, 1.165) is 12.5 Å². The van der Waals surface area contributed by atoms with Crippen LogP contribution in [0.5, 0.6) is 0 Å². The van der Waals surface area contributed by atoms with Crippen molar-refractivity contribution >= 4 is 31.9 Å². The zero-order valence-corrected chi connectivity index (χ0v) is 12.9. The van der Waals surface area contributed by atoms with E-state index in [-0.39, 0.29) is 21.5 Å². The van der Waals surface area contributed by atoms with Crippen LogP contribution in [0.3, 0.4) is 0 Å². The Hall–Kier alpha value is -0.960. The molecule has 8 heteroatoms. The maximum Gasteiger partial charge on any atom is 0.335 e. The van der Waals surface area contributed by atoms with Crippen LogP contribution in [0.25, 0.3) is 0 Å². The van der Waals surface area contributed by atoms with Crippen molar-refractivity contribution in [3.63, 3.8) is 0 Å². The van der Waals surface area contributed by atoms with Gasteiger partial charge in [0.2, 0.25) is 10.0 Å². The van der Waals surface area contributed by atoms with E-state index in [0.29, 0.717) is 12.8 Å². The highest BCUT2D eigenvalue weighted by Crippen LogP contribution is 2.34. The van der Waals surface area contributed by atoms with Crippen molar-refractivity contribution in [2.45, 2.75) is 29.7 Å². The zero-order valence-electron chi connectivity index (χ0n) is 10.5. The molecule has 3 N–H and O–H groups in total. The highest BCUT2D eigenvalue weighted by Gasteiger charge is 2.40. The highest BCUT2D eigenvalue weighted by molar-refractivity contribution is 9.10. The van der Waals surface area contributed by atoms with E-state index >= 15 is 0 Å². The molecular weight excluding hydrogens is 350 g/mol. The number of benzene rings is 1. The maximum atomic E-state index is 12.3. The number of hydrogen-bond acceptors (Lipinski definition) is 4. The van der Waals surface area contributed by atoms with Gasteiger partial charge in [0.15, 0.2) is 0 Å². The number of carboxylic acids is 1. The van der Waals surface area contributed by atoms with Crippen LogP contribution in [0.4, 0.5) is 0 Å². The number of rotatable bonds is 5. The third-order valence-corrected chi connectivity index (χ3v) is 6.00. The minimum Gasteiger partial charge on any atom is -0.478 e. The van der Waals surface area contributed by atoms with Gasteiger partial charge in [-0.15, -0.1) is 0 Å². The summed E-state index contributed by atoms with van der Waals surface area (Å²) < 4.78 is 27.5. The summed E-state index contributed by atoms with van der Waals surface area (Å²) in [4.78, 5) is 10.8. The van der Waals surface area contributed by atoms with Crippen LogP contribution < -0.4 is 4.72 Å². The van der Waals surface area contributed by atoms with Gasteiger partial charge in [0.25, 0.3) is 0 Å². The predicted octanol–water partition coefficient (Wildman–Crippen LogP) is 1.34. The number of hydrogen-bond donors (Lipinski definition) is 3. The van der Waals surface area contributed by atoms with Gasteiger partial charge in [-0.3, -0.25) is 0 Å². The number of aromatic carboxylic acids is 1. The number of carboxylic acid groups (broad SMARTS) is 1. The Balaban J connectivity index is 2.38. The molecule has 0 bridgehead atoms. The summed E-state index contributed by atoms with van der Waals surface area (Å²) in [5.41, 5.74) is -0.933. The van der Waals surface area contributed by atoms with Gasteiger partial charge in [-0.05, 0) is 53.4 Å². The lowest BCUT2D eigenvalue weighted by Gasteiger charge is -2.40. The van der Waals surface area contributed by atoms with Crippen molar-refractivity contribution in [1.29, 1.82) is 0 Å². The van der Waals surface area contributed by atoms with E-state index in [1.54, 1.807) is 0 Å². The molecule has 1 aliphatic carbocycles. The van der Waals surface area contributed by atoms with Gasteiger partial charge in [-0.2, -0.15) is 0 Å². The monoisotopic (exact) mass is 363 g/mol. The first-order chi connectivity index (χ1) is 9.30. The summed E-state index contributed by atoms with van der Waals surface area (Å²) in [6, 6.07) is 3.79. The predicted molar refractivity (Wildman–Crippen MR) is 75.1 cm³/mol. The van der Waals surface area contributed by atoms with Crippen molar-refractivity contribution in [2.24, 2.45) is 0 Å². The van der Waals surface area contributed by atoms with Crippen LogP contribution >= 0.6 is 15.9 Å². The lowest BCUT2D eigenvalue weighted by atomic mass is 9.78. The van der Waals surface area contributed by atoms with E-state index < -0.39 is 21.5 Å². The van der Waals surface area contributed by atoms with Crippen molar-refractivity contribution < 1.29 is 23.4 Å². The van der Waals surface area contributed by atoms with Crippen molar-refractivity contribution in [3.8, 4) is 0 Å². The fourth-order valence-electron chi connectivity index (χ4n) is 2.08. The van der Waals surface area contributed by atoms with Crippen LogP contribution in [0.15, 0.2) is 27.6 Å². The standard InChI is InChI=1S/C12H14BrNO5S/c13-9-3-2-8(11(16)17)6-10(9)20(18,19)14-12(7-15)4-1-5-12/h2-3,6,14-15H,1,4-5,7H2,(H,16,17). The fourth-order valence-corrected chi connectivity index (χ4v) is 4.52. The minimum atomic E-state index is -3.90. The van der Waals surface area contributed by atoms with Crippen LogP contribution in [0.1, 0.15) is 29.6 Å². The van der Waals surface area contributed by atoms with E-state index in [4.69, 9.17) is 5.11 Å². The minimum absolute atomic E-state index is 0.111. The first kappa shape index (κ1) is 15.4. The molecule has 1 saturated carbocycles. The van der Waals surface area contributed by atoms with E-state index in [1.807, 2.05) is 0 Å². The normalized spacial score (nSPS) is 17.5. The van der Waals surface area contributed by atoms with Crippen LogP contribution in [-0.2, 0) is 10.0 Å². The molecule has 0 saturated heterocycles. The van der Waals surface area contributed by atoms with Gasteiger partial charge >= 0.3 is 5.97 Å². The molecule has 0 heterocycles. The Labute approximate surface area is 125 Å². The number of carbonyl (C=O) groups is 1. The Kier molecular flexibility index (Phi) is 4.19. The number of sulfonamides is 1. The molecule has 1 aromatic carbocycles. The fraction of sp³-hybridized carbons (Fsp3) is 0.417. The first-order valence-corrected chi connectivity index (χ1v) is 8.25. The van der Waals surface area contributed by atoms with Crippen molar-refractivity contribution in [3.05, 3.63) is 28.2 Å². The molecule has 2 rings (SSSR count). The molecule has 110 valence electrons. The summed E-state index contributed by atoms with van der Waals surface area (Å²) in [6.07, 6.45) is 1.98. The molecule has 0 unspecified atom stereocenters. The summed E-state index contributed by atoms with van der Waals surface area (Å²) in [5, 5.41) is 18.3. The summed E-state index contributed by atoms with van der Waals surface area (Å²) >= 11 is 3.11. The lowest BCUT2D eigenvalue weighted by Crippen LogP contribution is -2.56. The van der Waals surface area contributed by atoms with Crippen molar-refractivity contribution in [1.82, 2.24) is 4.72 Å². The maximum absolute atomic E-state index is 12.3.